The maximum atomic E-state index is 12.8. The molecule has 218 valence electrons. The largest absolute Gasteiger partial charge is 0.378 e. The molecule has 3 aromatic carbocycles. The number of nitrogens with zero attached hydrogens (tertiary/aromatic N) is 1. The number of nitrogens with one attached hydrogen (secondary N) is 1. The van der Waals surface area contributed by atoms with Crippen LogP contribution in [-0.2, 0) is 31.4 Å². The Labute approximate surface area is 246 Å². The summed E-state index contributed by atoms with van der Waals surface area (Å²) in [6, 6.07) is 10.6. The second kappa shape index (κ2) is 10.6. The van der Waals surface area contributed by atoms with Gasteiger partial charge in [-0.3, -0.25) is 18.9 Å². The van der Waals surface area contributed by atoms with Gasteiger partial charge in [0.2, 0.25) is 0 Å². The van der Waals surface area contributed by atoms with Gasteiger partial charge in [-0.1, -0.05) is 60.4 Å². The van der Waals surface area contributed by atoms with Crippen LogP contribution in [0.15, 0.2) is 58.3 Å². The Morgan fingerprint density at radius 2 is 1.84 bits per heavy atom. The van der Waals surface area contributed by atoms with Gasteiger partial charge in [0.1, 0.15) is 17.9 Å². The van der Waals surface area contributed by atoms with E-state index < -0.39 is 37.3 Å². The number of benzene rings is 3. The molecular weight excluding hydrogens is 567 g/mol. The molecule has 0 radical (unpaired) electrons. The number of fused-ring (bicyclic) bond motifs is 2. The zero-order valence-electron chi connectivity index (χ0n) is 23.6. The first-order valence-electron chi connectivity index (χ1n) is 14.1. The first kappa shape index (κ1) is 27.8. The number of allylic oxidation sites excluding steroid dienone is 2. The Morgan fingerprint density at radius 3 is 2.65 bits per heavy atom. The lowest BCUT2D eigenvalue weighted by atomic mass is 9.81. The molecule has 0 bridgehead atoms. The van der Waals surface area contributed by atoms with Crippen LogP contribution in [0.2, 0.25) is 0 Å². The van der Waals surface area contributed by atoms with Crippen LogP contribution in [0, 0.1) is 11.8 Å². The standard InChI is InChI=1S/C33H29N2O7P/c1-40-27-16-29(42-28(27)18-41-43(2,38)39)35-17-21(32(36)34-33(35)37)13-12-19-14-15-26-24-10-4-7-20-6-3-9-23(30(20)24)25-11-5-8-22(19)31(25)26/h3-7,9,11,14-15,17,27-29H,8,10,16,18H2,1-2H3,(H,38,39)(H,34,36,37)/t27-,28-,29?/m1/s1. The highest BCUT2D eigenvalue weighted by molar-refractivity contribution is 7.51. The third-order valence-electron chi connectivity index (χ3n) is 8.39. The summed E-state index contributed by atoms with van der Waals surface area (Å²) in [6.07, 6.45) is 10.1. The molecule has 9 nitrogen and oxygen atoms in total. The minimum absolute atomic E-state index is 0.118. The fourth-order valence-corrected chi connectivity index (χ4v) is 6.89. The molecule has 1 aromatic heterocycles. The zero-order chi connectivity index (χ0) is 29.9. The number of ether oxygens (including phenoxy) is 2. The van der Waals surface area contributed by atoms with Crippen LogP contribution in [-0.4, -0.2) is 47.0 Å². The smallest absolute Gasteiger partial charge is 0.330 e. The van der Waals surface area contributed by atoms with Gasteiger partial charge >= 0.3 is 13.3 Å². The quantitative estimate of drug-likeness (QED) is 0.198. The highest BCUT2D eigenvalue weighted by atomic mass is 31.2. The molecule has 43 heavy (non-hydrogen) atoms. The van der Waals surface area contributed by atoms with Gasteiger partial charge in [-0.15, -0.1) is 0 Å². The first-order valence-corrected chi connectivity index (χ1v) is 16.1. The average Bonchev–Trinajstić information content (AvgIpc) is 3.41. The highest BCUT2D eigenvalue weighted by Crippen LogP contribution is 2.42. The van der Waals surface area contributed by atoms with Crippen LogP contribution in [0.4, 0.5) is 0 Å². The number of H-pyrrole nitrogens is 1. The van der Waals surface area contributed by atoms with Crippen molar-refractivity contribution < 1.29 is 23.5 Å². The molecule has 1 aliphatic heterocycles. The molecule has 4 atom stereocenters. The maximum Gasteiger partial charge on any atom is 0.330 e. The summed E-state index contributed by atoms with van der Waals surface area (Å²) in [6.45, 7) is 0.908. The SMILES string of the molecule is CO[C@@H]1CC(n2cc(C#Cc3ccc4c5c6c(cccc6c6c4c3CC=C6)C=CC5)c(=O)[nH]c2=O)O[C@@H]1COP(C)(=O)O. The van der Waals surface area contributed by atoms with Gasteiger partial charge in [0.15, 0.2) is 0 Å². The average molecular weight is 597 g/mol. The van der Waals surface area contributed by atoms with E-state index in [-0.39, 0.29) is 18.6 Å². The normalized spacial score (nSPS) is 21.6. The summed E-state index contributed by atoms with van der Waals surface area (Å²) in [7, 11) is -2.23. The Bertz CT molecular complexity index is 2110. The van der Waals surface area contributed by atoms with Crippen molar-refractivity contribution >= 4 is 41.3 Å². The molecule has 1 fully saturated rings. The van der Waals surface area contributed by atoms with E-state index in [0.717, 1.165) is 30.6 Å². The molecule has 1 saturated heterocycles. The molecule has 2 aliphatic carbocycles. The van der Waals surface area contributed by atoms with Crippen molar-refractivity contribution in [1.82, 2.24) is 9.55 Å². The fourth-order valence-electron chi connectivity index (χ4n) is 6.46. The second-order valence-corrected chi connectivity index (χ2v) is 13.0. The molecule has 10 heteroatoms. The summed E-state index contributed by atoms with van der Waals surface area (Å²) >= 11 is 0. The molecular formula is C33H29N2O7P. The van der Waals surface area contributed by atoms with Crippen molar-refractivity contribution in [3.05, 3.63) is 103 Å². The second-order valence-electron chi connectivity index (χ2n) is 11.1. The van der Waals surface area contributed by atoms with Crippen LogP contribution in [0.5, 0.6) is 0 Å². The van der Waals surface area contributed by atoms with E-state index in [1.807, 2.05) is 6.07 Å². The van der Waals surface area contributed by atoms with Gasteiger partial charge in [0.25, 0.3) is 5.56 Å². The molecule has 2 heterocycles. The molecule has 2 N–H and O–H groups in total. The molecule has 0 amide bonds. The summed E-state index contributed by atoms with van der Waals surface area (Å²) < 4.78 is 29.3. The number of aromatic amines is 1. The van der Waals surface area contributed by atoms with Crippen molar-refractivity contribution in [3.8, 4) is 11.8 Å². The number of rotatable bonds is 5. The maximum absolute atomic E-state index is 12.8. The summed E-state index contributed by atoms with van der Waals surface area (Å²) in [5.74, 6) is 6.21. The monoisotopic (exact) mass is 596 g/mol. The Morgan fingerprint density at radius 1 is 1.05 bits per heavy atom. The third kappa shape index (κ3) is 4.92. The number of aromatic nitrogens is 2. The molecule has 4 aromatic rings. The minimum Gasteiger partial charge on any atom is -0.378 e. The van der Waals surface area contributed by atoms with Crippen LogP contribution in [0.3, 0.4) is 0 Å². The van der Waals surface area contributed by atoms with Crippen molar-refractivity contribution in [3.63, 3.8) is 0 Å². The molecule has 0 saturated carbocycles. The third-order valence-corrected chi connectivity index (χ3v) is 9.02. The van der Waals surface area contributed by atoms with E-state index in [9.17, 15) is 19.0 Å². The van der Waals surface area contributed by atoms with Crippen LogP contribution in [0.1, 0.15) is 46.0 Å². The van der Waals surface area contributed by atoms with Gasteiger partial charge in [0.05, 0.1) is 12.7 Å². The van der Waals surface area contributed by atoms with Crippen molar-refractivity contribution in [2.75, 3.05) is 20.4 Å². The highest BCUT2D eigenvalue weighted by Gasteiger charge is 2.38. The van der Waals surface area contributed by atoms with Gasteiger partial charge in [-0.2, -0.15) is 0 Å². The zero-order valence-corrected chi connectivity index (χ0v) is 24.5. The van der Waals surface area contributed by atoms with E-state index in [1.54, 1.807) is 0 Å². The summed E-state index contributed by atoms with van der Waals surface area (Å²) in [4.78, 5) is 37.4. The Kier molecular flexibility index (Phi) is 6.85. The topological polar surface area (TPSA) is 120 Å². The van der Waals surface area contributed by atoms with Gasteiger partial charge < -0.3 is 18.9 Å². The van der Waals surface area contributed by atoms with Gasteiger partial charge in [-0.25, -0.2) is 4.79 Å². The molecule has 7 rings (SSSR count). The van der Waals surface area contributed by atoms with Crippen LogP contribution < -0.4 is 11.2 Å². The summed E-state index contributed by atoms with van der Waals surface area (Å²) in [5.41, 5.74) is 4.56. The predicted molar refractivity (Wildman–Crippen MR) is 165 cm³/mol. The van der Waals surface area contributed by atoms with Gasteiger partial charge in [-0.05, 0) is 62.7 Å². The van der Waals surface area contributed by atoms with E-state index >= 15 is 0 Å². The summed E-state index contributed by atoms with van der Waals surface area (Å²) in [5, 5.41) is 4.95. The Balaban J connectivity index is 1.27. The number of hydrogen-bond acceptors (Lipinski definition) is 6. The fraction of sp³-hybridized carbons (Fsp3) is 0.273. The van der Waals surface area contributed by atoms with E-state index in [1.165, 1.54) is 56.1 Å². The Hall–Kier alpha value is -4.03. The van der Waals surface area contributed by atoms with Gasteiger partial charge in [0, 0.05) is 32.0 Å². The van der Waals surface area contributed by atoms with Crippen LogP contribution in [0.25, 0.3) is 33.7 Å². The molecule has 0 spiro atoms. The van der Waals surface area contributed by atoms with E-state index in [4.69, 9.17) is 14.0 Å². The molecule has 3 aliphatic rings. The lowest BCUT2D eigenvalue weighted by molar-refractivity contribution is -0.0498. The van der Waals surface area contributed by atoms with Crippen LogP contribution >= 0.6 is 7.60 Å². The number of hydrogen-bond donors (Lipinski definition) is 2. The number of methoxy groups -OCH3 is 1. The molecule has 2 unspecified atom stereocenters. The predicted octanol–water partition coefficient (Wildman–Crippen LogP) is 4.52. The first-order chi connectivity index (χ1) is 20.7. The van der Waals surface area contributed by atoms with E-state index in [0.29, 0.717) is 0 Å². The lowest BCUT2D eigenvalue weighted by Crippen LogP contribution is -2.33. The minimum atomic E-state index is -3.72. The lowest BCUT2D eigenvalue weighted by Gasteiger charge is -2.23. The van der Waals surface area contributed by atoms with Crippen molar-refractivity contribution in [1.29, 1.82) is 0 Å². The van der Waals surface area contributed by atoms with Crippen molar-refractivity contribution in [2.45, 2.75) is 37.7 Å². The van der Waals surface area contributed by atoms with E-state index in [2.05, 4.69) is 65.4 Å². The van der Waals surface area contributed by atoms with Crippen molar-refractivity contribution in [2.24, 2.45) is 0 Å².